The summed E-state index contributed by atoms with van der Waals surface area (Å²) < 4.78 is 1.82. The van der Waals surface area contributed by atoms with Gasteiger partial charge in [-0.3, -0.25) is 4.57 Å². The van der Waals surface area contributed by atoms with E-state index in [1.54, 1.807) is 18.7 Å². The topological polar surface area (TPSA) is 71.8 Å². The van der Waals surface area contributed by atoms with E-state index in [1.165, 1.54) is 0 Å². The van der Waals surface area contributed by atoms with E-state index in [0.29, 0.717) is 13.1 Å². The second kappa shape index (κ2) is 7.22. The summed E-state index contributed by atoms with van der Waals surface area (Å²) >= 11 is 0. The number of aromatic nitrogens is 3. The fraction of sp³-hybridized carbons (Fsp3) is 0.118. The van der Waals surface area contributed by atoms with E-state index < -0.39 is 0 Å². The summed E-state index contributed by atoms with van der Waals surface area (Å²) in [6.07, 6.45) is 6.91. The lowest BCUT2D eigenvalue weighted by molar-refractivity contribution is 0.240. The average Bonchev–Trinajstić information content (AvgIpc) is 3.14. The van der Waals surface area contributed by atoms with Crippen molar-refractivity contribution in [3.63, 3.8) is 0 Å². The first-order valence-corrected chi connectivity index (χ1v) is 7.31. The van der Waals surface area contributed by atoms with Gasteiger partial charge in [-0.25, -0.2) is 14.8 Å². The molecule has 6 nitrogen and oxygen atoms in total. The van der Waals surface area contributed by atoms with Gasteiger partial charge in [0.15, 0.2) is 0 Å². The second-order valence-corrected chi connectivity index (χ2v) is 4.98. The Hall–Kier alpha value is -3.15. The molecule has 3 aromatic rings. The SMILES string of the molecule is O=C(NCc1ccccc1)NCc1cccnc1-n1ccnc1. The quantitative estimate of drug-likeness (QED) is 0.759. The highest BCUT2D eigenvalue weighted by Gasteiger charge is 2.07. The van der Waals surface area contributed by atoms with Crippen LogP contribution in [-0.2, 0) is 13.1 Å². The first-order valence-electron chi connectivity index (χ1n) is 7.31. The van der Waals surface area contributed by atoms with Crippen molar-refractivity contribution in [2.24, 2.45) is 0 Å². The van der Waals surface area contributed by atoms with Gasteiger partial charge in [0.1, 0.15) is 12.1 Å². The zero-order chi connectivity index (χ0) is 15.9. The summed E-state index contributed by atoms with van der Waals surface area (Å²) in [6, 6.07) is 13.3. The van der Waals surface area contributed by atoms with Gasteiger partial charge in [-0.15, -0.1) is 0 Å². The fourth-order valence-electron chi connectivity index (χ4n) is 2.20. The van der Waals surface area contributed by atoms with E-state index >= 15 is 0 Å². The molecule has 0 spiro atoms. The molecule has 2 aromatic heterocycles. The zero-order valence-corrected chi connectivity index (χ0v) is 12.5. The van der Waals surface area contributed by atoms with Crippen molar-refractivity contribution in [1.29, 1.82) is 0 Å². The average molecular weight is 307 g/mol. The fourth-order valence-corrected chi connectivity index (χ4v) is 2.20. The van der Waals surface area contributed by atoms with E-state index in [2.05, 4.69) is 20.6 Å². The molecule has 116 valence electrons. The summed E-state index contributed by atoms with van der Waals surface area (Å²) in [5, 5.41) is 5.68. The number of carbonyl (C=O) groups is 1. The third kappa shape index (κ3) is 3.94. The number of benzene rings is 1. The molecule has 0 atom stereocenters. The highest BCUT2D eigenvalue weighted by Crippen LogP contribution is 2.10. The molecule has 0 aliphatic heterocycles. The predicted molar refractivity (Wildman–Crippen MR) is 86.9 cm³/mol. The molecule has 0 unspecified atom stereocenters. The summed E-state index contributed by atoms with van der Waals surface area (Å²) in [5.41, 5.74) is 1.98. The van der Waals surface area contributed by atoms with Gasteiger partial charge in [0, 0.05) is 37.2 Å². The molecule has 0 bridgehead atoms. The van der Waals surface area contributed by atoms with Gasteiger partial charge in [-0.1, -0.05) is 36.4 Å². The van der Waals surface area contributed by atoms with Crippen LogP contribution in [0.1, 0.15) is 11.1 Å². The molecular weight excluding hydrogens is 290 g/mol. The zero-order valence-electron chi connectivity index (χ0n) is 12.5. The van der Waals surface area contributed by atoms with Gasteiger partial charge in [-0.2, -0.15) is 0 Å². The summed E-state index contributed by atoms with van der Waals surface area (Å²) in [6.45, 7) is 0.885. The van der Waals surface area contributed by atoms with Gasteiger partial charge < -0.3 is 10.6 Å². The Morgan fingerprint density at radius 2 is 1.83 bits per heavy atom. The van der Waals surface area contributed by atoms with Gasteiger partial charge in [-0.05, 0) is 11.6 Å². The Bertz CT molecular complexity index is 756. The van der Waals surface area contributed by atoms with E-state index in [4.69, 9.17) is 0 Å². The van der Waals surface area contributed by atoms with Crippen molar-refractivity contribution < 1.29 is 4.79 Å². The lowest BCUT2D eigenvalue weighted by atomic mass is 10.2. The van der Waals surface area contributed by atoms with Crippen molar-refractivity contribution in [3.8, 4) is 5.82 Å². The molecular formula is C17H17N5O. The van der Waals surface area contributed by atoms with Crippen LogP contribution >= 0.6 is 0 Å². The molecule has 2 heterocycles. The van der Waals surface area contributed by atoms with Crippen LogP contribution in [0.2, 0.25) is 0 Å². The Balaban J connectivity index is 1.57. The monoisotopic (exact) mass is 307 g/mol. The lowest BCUT2D eigenvalue weighted by Crippen LogP contribution is -2.34. The Kier molecular flexibility index (Phi) is 4.63. The Morgan fingerprint density at radius 1 is 1.00 bits per heavy atom. The molecule has 2 amide bonds. The summed E-state index contributed by atoms with van der Waals surface area (Å²) in [7, 11) is 0. The van der Waals surface area contributed by atoms with Gasteiger partial charge >= 0.3 is 6.03 Å². The standard InChI is InChI=1S/C17H17N5O/c23-17(20-11-14-5-2-1-3-6-14)21-12-15-7-4-8-19-16(15)22-10-9-18-13-22/h1-10,13H,11-12H2,(H2,20,21,23). The van der Waals surface area contributed by atoms with Crippen LogP contribution in [0.15, 0.2) is 67.4 Å². The number of carbonyl (C=O) groups excluding carboxylic acids is 1. The van der Waals surface area contributed by atoms with Crippen molar-refractivity contribution in [2.75, 3.05) is 0 Å². The molecule has 0 aliphatic carbocycles. The molecule has 0 aliphatic rings. The molecule has 6 heteroatoms. The minimum Gasteiger partial charge on any atom is -0.334 e. The molecule has 2 N–H and O–H groups in total. The number of imidazole rings is 1. The third-order valence-corrected chi connectivity index (χ3v) is 3.35. The molecule has 0 fully saturated rings. The lowest BCUT2D eigenvalue weighted by Gasteiger charge is -2.11. The maximum absolute atomic E-state index is 11.9. The number of rotatable bonds is 5. The van der Waals surface area contributed by atoms with Crippen LogP contribution in [0.3, 0.4) is 0 Å². The van der Waals surface area contributed by atoms with Crippen molar-refractivity contribution in [2.45, 2.75) is 13.1 Å². The molecule has 0 saturated heterocycles. The number of pyridine rings is 1. The number of urea groups is 1. The maximum atomic E-state index is 11.9. The van der Waals surface area contributed by atoms with Crippen LogP contribution in [0.4, 0.5) is 4.79 Å². The van der Waals surface area contributed by atoms with Gasteiger partial charge in [0.2, 0.25) is 0 Å². The highest BCUT2D eigenvalue weighted by molar-refractivity contribution is 5.73. The van der Waals surface area contributed by atoms with E-state index in [1.807, 2.05) is 53.2 Å². The number of hydrogen-bond acceptors (Lipinski definition) is 3. The molecule has 1 aromatic carbocycles. The van der Waals surface area contributed by atoms with Crippen LogP contribution in [0.5, 0.6) is 0 Å². The minimum absolute atomic E-state index is 0.214. The van der Waals surface area contributed by atoms with Gasteiger partial charge in [0.05, 0.1) is 0 Å². The summed E-state index contributed by atoms with van der Waals surface area (Å²) in [5.74, 6) is 0.758. The summed E-state index contributed by atoms with van der Waals surface area (Å²) in [4.78, 5) is 20.3. The molecule has 0 radical (unpaired) electrons. The van der Waals surface area contributed by atoms with Crippen molar-refractivity contribution in [3.05, 3.63) is 78.5 Å². The van der Waals surface area contributed by atoms with Crippen molar-refractivity contribution >= 4 is 6.03 Å². The second-order valence-electron chi connectivity index (χ2n) is 4.98. The normalized spacial score (nSPS) is 10.3. The van der Waals surface area contributed by atoms with Crippen LogP contribution in [0, 0.1) is 0 Å². The van der Waals surface area contributed by atoms with Crippen LogP contribution < -0.4 is 10.6 Å². The highest BCUT2D eigenvalue weighted by atomic mass is 16.2. The largest absolute Gasteiger partial charge is 0.334 e. The predicted octanol–water partition coefficient (Wildman–Crippen LogP) is 2.27. The third-order valence-electron chi connectivity index (χ3n) is 3.35. The van der Waals surface area contributed by atoms with E-state index in [-0.39, 0.29) is 6.03 Å². The number of nitrogens with one attached hydrogen (secondary N) is 2. The number of amides is 2. The van der Waals surface area contributed by atoms with E-state index in [9.17, 15) is 4.79 Å². The van der Waals surface area contributed by atoms with Crippen LogP contribution in [0.25, 0.3) is 5.82 Å². The van der Waals surface area contributed by atoms with Crippen LogP contribution in [-0.4, -0.2) is 20.6 Å². The number of hydrogen-bond donors (Lipinski definition) is 2. The molecule has 0 saturated carbocycles. The molecule has 3 rings (SSSR count). The Morgan fingerprint density at radius 3 is 2.61 bits per heavy atom. The maximum Gasteiger partial charge on any atom is 0.315 e. The number of nitrogens with zero attached hydrogens (tertiary/aromatic N) is 3. The minimum atomic E-state index is -0.214. The Labute approximate surface area is 134 Å². The van der Waals surface area contributed by atoms with Crippen molar-refractivity contribution in [1.82, 2.24) is 25.2 Å². The van der Waals surface area contributed by atoms with Gasteiger partial charge in [0.25, 0.3) is 0 Å². The molecule has 23 heavy (non-hydrogen) atoms. The first kappa shape index (κ1) is 14.8. The van der Waals surface area contributed by atoms with E-state index in [0.717, 1.165) is 16.9 Å². The smallest absolute Gasteiger partial charge is 0.315 e. The first-order chi connectivity index (χ1) is 11.3.